The summed E-state index contributed by atoms with van der Waals surface area (Å²) in [5, 5.41) is 3.35. The number of piperidine rings is 1. The topological polar surface area (TPSA) is 15.3 Å². The molecular weight excluding hydrogens is 196 g/mol. The van der Waals surface area contributed by atoms with Gasteiger partial charge < -0.3 is 10.2 Å². The van der Waals surface area contributed by atoms with Crippen molar-refractivity contribution in [3.8, 4) is 0 Å². The number of likely N-dealkylation sites (tertiary alicyclic amines) is 1. The molecule has 3 unspecified atom stereocenters. The Morgan fingerprint density at radius 1 is 1.38 bits per heavy atom. The molecule has 0 aromatic rings. The van der Waals surface area contributed by atoms with E-state index in [0.29, 0.717) is 5.41 Å². The fraction of sp³-hybridized carbons (Fsp3) is 1.00. The molecule has 0 saturated carbocycles. The Morgan fingerprint density at radius 2 is 2.06 bits per heavy atom. The van der Waals surface area contributed by atoms with Crippen LogP contribution in [0.15, 0.2) is 0 Å². The smallest absolute Gasteiger partial charge is 0.00697 e. The zero-order chi connectivity index (χ0) is 12.2. The molecule has 1 saturated heterocycles. The van der Waals surface area contributed by atoms with Gasteiger partial charge in [-0.05, 0) is 51.1 Å². The van der Waals surface area contributed by atoms with Gasteiger partial charge in [-0.15, -0.1) is 0 Å². The van der Waals surface area contributed by atoms with E-state index in [4.69, 9.17) is 0 Å². The van der Waals surface area contributed by atoms with Crippen LogP contribution in [-0.2, 0) is 0 Å². The summed E-state index contributed by atoms with van der Waals surface area (Å²) in [5.74, 6) is 0.920. The van der Waals surface area contributed by atoms with Gasteiger partial charge >= 0.3 is 0 Å². The van der Waals surface area contributed by atoms with Crippen LogP contribution in [0.2, 0.25) is 0 Å². The highest BCUT2D eigenvalue weighted by Crippen LogP contribution is 2.28. The number of nitrogens with one attached hydrogen (secondary N) is 1. The first-order chi connectivity index (χ1) is 7.50. The van der Waals surface area contributed by atoms with Gasteiger partial charge in [0.1, 0.15) is 0 Å². The van der Waals surface area contributed by atoms with Crippen LogP contribution < -0.4 is 5.32 Å². The molecule has 0 bridgehead atoms. The van der Waals surface area contributed by atoms with Crippen LogP contribution in [0.25, 0.3) is 0 Å². The van der Waals surface area contributed by atoms with Gasteiger partial charge in [-0.2, -0.15) is 0 Å². The molecule has 0 amide bonds. The van der Waals surface area contributed by atoms with Crippen molar-refractivity contribution in [3.63, 3.8) is 0 Å². The summed E-state index contributed by atoms with van der Waals surface area (Å²) in [5.41, 5.74) is 0.434. The van der Waals surface area contributed by atoms with Gasteiger partial charge in [0.15, 0.2) is 0 Å². The highest BCUT2D eigenvalue weighted by Gasteiger charge is 2.29. The maximum Gasteiger partial charge on any atom is 0.00697 e. The molecule has 0 aliphatic carbocycles. The van der Waals surface area contributed by atoms with Crippen molar-refractivity contribution in [3.05, 3.63) is 0 Å². The molecule has 1 rings (SSSR count). The van der Waals surface area contributed by atoms with E-state index in [1.165, 1.54) is 32.4 Å². The first-order valence-electron chi connectivity index (χ1n) is 6.89. The molecule has 16 heavy (non-hydrogen) atoms. The van der Waals surface area contributed by atoms with E-state index in [2.05, 4.69) is 45.0 Å². The Labute approximate surface area is 102 Å². The van der Waals surface area contributed by atoms with E-state index >= 15 is 0 Å². The summed E-state index contributed by atoms with van der Waals surface area (Å²) in [4.78, 5) is 2.70. The zero-order valence-electron chi connectivity index (χ0n) is 11.8. The van der Waals surface area contributed by atoms with Crippen molar-refractivity contribution in [2.24, 2.45) is 11.3 Å². The van der Waals surface area contributed by atoms with Gasteiger partial charge in [-0.1, -0.05) is 20.8 Å². The van der Waals surface area contributed by atoms with Gasteiger partial charge in [0.25, 0.3) is 0 Å². The van der Waals surface area contributed by atoms with Crippen LogP contribution in [0.5, 0.6) is 0 Å². The van der Waals surface area contributed by atoms with E-state index in [-0.39, 0.29) is 0 Å². The molecule has 96 valence electrons. The van der Waals surface area contributed by atoms with Gasteiger partial charge in [-0.3, -0.25) is 0 Å². The molecule has 0 radical (unpaired) electrons. The predicted molar refractivity (Wildman–Crippen MR) is 71.8 cm³/mol. The van der Waals surface area contributed by atoms with Gasteiger partial charge in [0.2, 0.25) is 0 Å². The largest absolute Gasteiger partial charge is 0.319 e. The Kier molecular flexibility index (Phi) is 5.26. The molecule has 0 aromatic carbocycles. The van der Waals surface area contributed by atoms with Crippen LogP contribution in [0.4, 0.5) is 0 Å². The van der Waals surface area contributed by atoms with E-state index in [1.54, 1.807) is 0 Å². The maximum atomic E-state index is 3.35. The molecule has 2 heteroatoms. The standard InChI is InChI=1S/C14H30N2/c1-6-14(4,10-15-5)11-16-8-7-12(2)9-13(16)3/h12-13,15H,6-11H2,1-5H3. The molecule has 1 fully saturated rings. The molecule has 1 N–H and O–H groups in total. The van der Waals surface area contributed by atoms with Crippen LogP contribution in [-0.4, -0.2) is 37.6 Å². The second-order valence-corrected chi connectivity index (χ2v) is 6.14. The van der Waals surface area contributed by atoms with Gasteiger partial charge in [0, 0.05) is 19.1 Å². The third kappa shape index (κ3) is 3.74. The Hall–Kier alpha value is -0.0800. The van der Waals surface area contributed by atoms with E-state index in [9.17, 15) is 0 Å². The SMILES string of the molecule is CCC(C)(CNC)CN1CCC(C)CC1C. The first kappa shape index (κ1) is 14.0. The van der Waals surface area contributed by atoms with Crippen molar-refractivity contribution in [2.75, 3.05) is 26.7 Å². The molecule has 1 aliphatic heterocycles. The van der Waals surface area contributed by atoms with Gasteiger partial charge in [0.05, 0.1) is 0 Å². The van der Waals surface area contributed by atoms with Crippen LogP contribution in [0.3, 0.4) is 0 Å². The second kappa shape index (κ2) is 6.02. The second-order valence-electron chi connectivity index (χ2n) is 6.14. The van der Waals surface area contributed by atoms with Crippen LogP contribution >= 0.6 is 0 Å². The number of hydrogen-bond acceptors (Lipinski definition) is 2. The molecule has 0 aromatic heterocycles. The Balaban J connectivity index is 2.51. The molecule has 2 nitrogen and oxygen atoms in total. The maximum absolute atomic E-state index is 3.35. The molecular formula is C14H30N2. The van der Waals surface area contributed by atoms with Crippen molar-refractivity contribution < 1.29 is 0 Å². The molecule has 3 atom stereocenters. The first-order valence-corrected chi connectivity index (χ1v) is 6.89. The predicted octanol–water partition coefficient (Wildman–Crippen LogP) is 2.74. The van der Waals surface area contributed by atoms with Crippen LogP contribution in [0, 0.1) is 11.3 Å². The van der Waals surface area contributed by atoms with Crippen molar-refractivity contribution in [1.82, 2.24) is 10.2 Å². The third-order valence-corrected chi connectivity index (χ3v) is 4.32. The summed E-state index contributed by atoms with van der Waals surface area (Å²) in [6, 6.07) is 0.770. The number of rotatable bonds is 5. The molecule has 1 heterocycles. The lowest BCUT2D eigenvalue weighted by Gasteiger charge is -2.42. The molecule has 1 aliphatic rings. The minimum Gasteiger partial charge on any atom is -0.319 e. The molecule has 0 spiro atoms. The summed E-state index contributed by atoms with van der Waals surface area (Å²) >= 11 is 0. The van der Waals surface area contributed by atoms with Crippen molar-refractivity contribution in [2.45, 2.75) is 53.0 Å². The van der Waals surface area contributed by atoms with E-state index < -0.39 is 0 Å². The lowest BCUT2D eigenvalue weighted by Crippen LogP contribution is -2.48. The van der Waals surface area contributed by atoms with Gasteiger partial charge in [-0.25, -0.2) is 0 Å². The Morgan fingerprint density at radius 3 is 2.56 bits per heavy atom. The fourth-order valence-corrected chi connectivity index (χ4v) is 2.90. The average Bonchev–Trinajstić information content (AvgIpc) is 2.23. The normalized spacial score (nSPS) is 31.3. The van der Waals surface area contributed by atoms with Crippen molar-refractivity contribution >= 4 is 0 Å². The minimum absolute atomic E-state index is 0.434. The highest BCUT2D eigenvalue weighted by atomic mass is 15.2. The summed E-state index contributed by atoms with van der Waals surface area (Å²) in [6.45, 7) is 13.2. The minimum atomic E-state index is 0.434. The fourth-order valence-electron chi connectivity index (χ4n) is 2.90. The summed E-state index contributed by atoms with van der Waals surface area (Å²) in [7, 11) is 2.07. The number of nitrogens with zero attached hydrogens (tertiary/aromatic N) is 1. The zero-order valence-corrected chi connectivity index (χ0v) is 11.8. The van der Waals surface area contributed by atoms with Crippen LogP contribution in [0.1, 0.15) is 47.0 Å². The summed E-state index contributed by atoms with van der Waals surface area (Å²) < 4.78 is 0. The lowest BCUT2D eigenvalue weighted by atomic mass is 9.84. The quantitative estimate of drug-likeness (QED) is 0.775. The Bertz CT molecular complexity index is 205. The third-order valence-electron chi connectivity index (χ3n) is 4.32. The van der Waals surface area contributed by atoms with E-state index in [0.717, 1.165) is 18.5 Å². The lowest BCUT2D eigenvalue weighted by molar-refractivity contribution is 0.0757. The summed E-state index contributed by atoms with van der Waals surface area (Å²) in [6.07, 6.45) is 4.01. The monoisotopic (exact) mass is 226 g/mol. The average molecular weight is 226 g/mol. The van der Waals surface area contributed by atoms with Crippen molar-refractivity contribution in [1.29, 1.82) is 0 Å². The highest BCUT2D eigenvalue weighted by molar-refractivity contribution is 4.84. The van der Waals surface area contributed by atoms with E-state index in [1.807, 2.05) is 0 Å². The number of hydrogen-bond donors (Lipinski definition) is 1.